The molecular weight excluding hydrogens is 476 g/mol. The van der Waals surface area contributed by atoms with Crippen molar-refractivity contribution in [3.63, 3.8) is 0 Å². The highest BCUT2D eigenvalue weighted by atomic mass is 16.5. The first-order valence-corrected chi connectivity index (χ1v) is 13.4. The topological polar surface area (TPSA) is 67.9 Å². The van der Waals surface area contributed by atoms with Gasteiger partial charge in [0.2, 0.25) is 5.91 Å². The Hall–Kier alpha value is -3.80. The van der Waals surface area contributed by atoms with E-state index in [0.29, 0.717) is 17.9 Å². The number of aryl methyl sites for hydroxylation is 2. The Morgan fingerprint density at radius 1 is 0.947 bits per heavy atom. The zero-order valence-corrected chi connectivity index (χ0v) is 22.6. The third-order valence-electron chi connectivity index (χ3n) is 7.14. The number of nitrogens with zero attached hydrogens (tertiary/aromatic N) is 1. The summed E-state index contributed by atoms with van der Waals surface area (Å²) in [5.41, 5.74) is 3.98. The second-order valence-corrected chi connectivity index (χ2v) is 10.1. The summed E-state index contributed by atoms with van der Waals surface area (Å²) in [6, 6.07) is 22.8. The number of rotatable bonds is 11. The molecule has 200 valence electrons. The predicted molar refractivity (Wildman–Crippen MR) is 149 cm³/mol. The van der Waals surface area contributed by atoms with Gasteiger partial charge in [0, 0.05) is 19.0 Å². The number of hydrogen-bond acceptors (Lipinski definition) is 4. The van der Waals surface area contributed by atoms with Gasteiger partial charge in [0.1, 0.15) is 17.5 Å². The lowest BCUT2D eigenvalue weighted by Crippen LogP contribution is -2.53. The summed E-state index contributed by atoms with van der Waals surface area (Å²) >= 11 is 0. The van der Waals surface area contributed by atoms with Crippen molar-refractivity contribution in [2.75, 3.05) is 13.7 Å². The maximum atomic E-state index is 13.8. The molecule has 2 amide bonds. The number of carbonyl (C=O) groups excluding carboxylic acids is 2. The van der Waals surface area contributed by atoms with E-state index in [2.05, 4.69) is 5.32 Å². The fourth-order valence-electron chi connectivity index (χ4n) is 5.07. The number of hydrogen-bond donors (Lipinski definition) is 1. The molecule has 1 fully saturated rings. The van der Waals surface area contributed by atoms with Gasteiger partial charge in [-0.15, -0.1) is 0 Å². The molecule has 0 bridgehead atoms. The minimum Gasteiger partial charge on any atom is -0.497 e. The fraction of sp³-hybridized carbons (Fsp3) is 0.375. The number of carbonyl (C=O) groups is 2. The first-order valence-electron chi connectivity index (χ1n) is 13.4. The van der Waals surface area contributed by atoms with E-state index in [0.717, 1.165) is 47.9 Å². The summed E-state index contributed by atoms with van der Waals surface area (Å²) in [5, 5.41) is 3.23. The van der Waals surface area contributed by atoms with Crippen LogP contribution in [0.15, 0.2) is 72.8 Å². The van der Waals surface area contributed by atoms with Crippen LogP contribution in [0.25, 0.3) is 0 Å². The van der Waals surface area contributed by atoms with Crippen molar-refractivity contribution in [3.8, 4) is 11.5 Å². The van der Waals surface area contributed by atoms with Gasteiger partial charge in [-0.05, 0) is 61.6 Å². The molecule has 6 heteroatoms. The molecule has 1 atom stereocenters. The zero-order valence-electron chi connectivity index (χ0n) is 22.6. The lowest BCUT2D eigenvalue weighted by atomic mass is 10.0. The Labute approximate surface area is 226 Å². The largest absolute Gasteiger partial charge is 0.497 e. The van der Waals surface area contributed by atoms with Gasteiger partial charge in [-0.2, -0.15) is 0 Å². The van der Waals surface area contributed by atoms with Crippen LogP contribution in [0.3, 0.4) is 0 Å². The van der Waals surface area contributed by atoms with Gasteiger partial charge in [0.05, 0.1) is 7.11 Å². The lowest BCUT2D eigenvalue weighted by molar-refractivity contribution is -0.143. The Kier molecular flexibility index (Phi) is 9.41. The van der Waals surface area contributed by atoms with Crippen LogP contribution in [0, 0.1) is 13.8 Å². The molecule has 0 unspecified atom stereocenters. The van der Waals surface area contributed by atoms with Gasteiger partial charge in [0.15, 0.2) is 6.61 Å². The number of ether oxygens (including phenoxy) is 2. The van der Waals surface area contributed by atoms with Crippen LogP contribution in [0.2, 0.25) is 0 Å². The van der Waals surface area contributed by atoms with Crippen molar-refractivity contribution in [2.24, 2.45) is 0 Å². The summed E-state index contributed by atoms with van der Waals surface area (Å²) < 4.78 is 11.4. The van der Waals surface area contributed by atoms with E-state index in [4.69, 9.17) is 9.47 Å². The van der Waals surface area contributed by atoms with Crippen molar-refractivity contribution in [2.45, 2.75) is 64.6 Å². The van der Waals surface area contributed by atoms with Gasteiger partial charge in [-0.25, -0.2) is 0 Å². The summed E-state index contributed by atoms with van der Waals surface area (Å²) in [6.45, 7) is 4.10. The normalized spacial score (nSPS) is 14.1. The van der Waals surface area contributed by atoms with E-state index in [1.807, 2.05) is 86.6 Å². The number of amides is 2. The summed E-state index contributed by atoms with van der Waals surface area (Å²) in [5.74, 6) is 1.01. The van der Waals surface area contributed by atoms with Crippen LogP contribution in [0.1, 0.15) is 47.9 Å². The third kappa shape index (κ3) is 7.37. The van der Waals surface area contributed by atoms with Crippen LogP contribution < -0.4 is 14.8 Å². The quantitative estimate of drug-likeness (QED) is 0.373. The maximum absolute atomic E-state index is 13.8. The molecule has 38 heavy (non-hydrogen) atoms. The van der Waals surface area contributed by atoms with E-state index in [-0.39, 0.29) is 31.0 Å². The number of benzene rings is 3. The first-order chi connectivity index (χ1) is 18.4. The predicted octanol–water partition coefficient (Wildman–Crippen LogP) is 5.39. The first kappa shape index (κ1) is 27.2. The van der Waals surface area contributed by atoms with Crippen LogP contribution >= 0.6 is 0 Å². The summed E-state index contributed by atoms with van der Waals surface area (Å²) in [4.78, 5) is 29.2. The van der Waals surface area contributed by atoms with Gasteiger partial charge >= 0.3 is 0 Å². The molecule has 1 aliphatic rings. The van der Waals surface area contributed by atoms with E-state index < -0.39 is 6.04 Å². The van der Waals surface area contributed by atoms with E-state index in [9.17, 15) is 9.59 Å². The minimum absolute atomic E-state index is 0.122. The average Bonchev–Trinajstić information content (AvgIpc) is 3.43. The van der Waals surface area contributed by atoms with Crippen molar-refractivity contribution >= 4 is 11.8 Å². The lowest BCUT2D eigenvalue weighted by Gasteiger charge is -2.32. The molecule has 0 radical (unpaired) electrons. The highest BCUT2D eigenvalue weighted by molar-refractivity contribution is 5.88. The smallest absolute Gasteiger partial charge is 0.261 e. The fourth-order valence-corrected chi connectivity index (χ4v) is 5.07. The third-order valence-corrected chi connectivity index (χ3v) is 7.14. The van der Waals surface area contributed by atoms with Crippen molar-refractivity contribution in [1.82, 2.24) is 10.2 Å². The van der Waals surface area contributed by atoms with Crippen LogP contribution in [0.4, 0.5) is 0 Å². The van der Waals surface area contributed by atoms with Crippen molar-refractivity contribution in [1.29, 1.82) is 0 Å². The Balaban J connectivity index is 1.63. The SMILES string of the molecule is COc1cccc(CN(C(=O)COc2ccc(C)cc2C)[C@H](Cc2ccccc2)C(=O)NC2CCCC2)c1. The van der Waals surface area contributed by atoms with Crippen LogP contribution in [-0.4, -0.2) is 42.5 Å². The Morgan fingerprint density at radius 2 is 1.68 bits per heavy atom. The van der Waals surface area contributed by atoms with E-state index in [1.54, 1.807) is 12.0 Å². The standard InChI is InChI=1S/C32H38N2O4/c1-23-16-17-30(24(2)18-23)38-22-31(35)34(21-26-12-9-15-28(19-26)37-3)29(20-25-10-5-4-6-11-25)32(36)33-27-13-7-8-14-27/h4-6,9-12,15-19,27,29H,7-8,13-14,20-22H2,1-3H3,(H,33,36)/t29-/m1/s1. The highest BCUT2D eigenvalue weighted by Crippen LogP contribution is 2.22. The second kappa shape index (κ2) is 13.1. The van der Waals surface area contributed by atoms with Gasteiger partial charge in [0.25, 0.3) is 5.91 Å². The second-order valence-electron chi connectivity index (χ2n) is 10.1. The number of methoxy groups -OCH3 is 1. The Morgan fingerprint density at radius 3 is 2.39 bits per heavy atom. The molecule has 3 aromatic rings. The molecule has 0 aromatic heterocycles. The van der Waals surface area contributed by atoms with E-state index in [1.165, 1.54) is 0 Å². The van der Waals surface area contributed by atoms with Gasteiger partial charge in [-0.3, -0.25) is 9.59 Å². The van der Waals surface area contributed by atoms with Crippen molar-refractivity contribution in [3.05, 3.63) is 95.1 Å². The molecular formula is C32H38N2O4. The molecule has 0 aliphatic heterocycles. The molecule has 3 aromatic carbocycles. The molecule has 1 saturated carbocycles. The molecule has 1 aliphatic carbocycles. The summed E-state index contributed by atoms with van der Waals surface area (Å²) in [6.07, 6.45) is 4.60. The van der Waals surface area contributed by atoms with Crippen LogP contribution in [0.5, 0.6) is 11.5 Å². The average molecular weight is 515 g/mol. The highest BCUT2D eigenvalue weighted by Gasteiger charge is 2.32. The Bertz CT molecular complexity index is 1220. The molecule has 0 spiro atoms. The number of nitrogens with one attached hydrogen (secondary N) is 1. The van der Waals surface area contributed by atoms with Crippen molar-refractivity contribution < 1.29 is 19.1 Å². The van der Waals surface area contributed by atoms with Gasteiger partial charge < -0.3 is 19.7 Å². The van der Waals surface area contributed by atoms with Gasteiger partial charge in [-0.1, -0.05) is 73.0 Å². The zero-order chi connectivity index (χ0) is 26.9. The van der Waals surface area contributed by atoms with E-state index >= 15 is 0 Å². The minimum atomic E-state index is -0.681. The molecule has 6 nitrogen and oxygen atoms in total. The monoisotopic (exact) mass is 514 g/mol. The summed E-state index contributed by atoms with van der Waals surface area (Å²) in [7, 11) is 1.62. The molecule has 0 saturated heterocycles. The molecule has 1 N–H and O–H groups in total. The molecule has 0 heterocycles. The van der Waals surface area contributed by atoms with Crippen LogP contribution in [-0.2, 0) is 22.6 Å². The maximum Gasteiger partial charge on any atom is 0.261 e. The molecule has 4 rings (SSSR count).